The summed E-state index contributed by atoms with van der Waals surface area (Å²) in [5.41, 5.74) is 6.40. The van der Waals surface area contributed by atoms with E-state index in [9.17, 15) is 12.8 Å². The van der Waals surface area contributed by atoms with E-state index in [1.54, 1.807) is 25.1 Å². The summed E-state index contributed by atoms with van der Waals surface area (Å²) in [6.07, 6.45) is 0. The summed E-state index contributed by atoms with van der Waals surface area (Å²) in [4.78, 5) is -0.255. The van der Waals surface area contributed by atoms with Gasteiger partial charge in [0.1, 0.15) is 5.82 Å². The first-order chi connectivity index (χ1) is 9.29. The fourth-order valence-corrected chi connectivity index (χ4v) is 3.24. The van der Waals surface area contributed by atoms with Crippen molar-refractivity contribution < 1.29 is 12.8 Å². The van der Waals surface area contributed by atoms with E-state index < -0.39 is 15.8 Å². The molecule has 0 saturated heterocycles. The predicted octanol–water partition coefficient (Wildman–Crippen LogP) is 3.17. The van der Waals surface area contributed by atoms with Gasteiger partial charge in [0.05, 0.1) is 15.6 Å². The second kappa shape index (κ2) is 5.30. The number of halogens is 2. The maximum atomic E-state index is 13.3. The third kappa shape index (κ3) is 3.02. The molecule has 0 atom stereocenters. The molecule has 2 rings (SSSR count). The van der Waals surface area contributed by atoms with Crippen LogP contribution in [0.15, 0.2) is 41.3 Å². The van der Waals surface area contributed by atoms with Crippen LogP contribution in [0.4, 0.5) is 15.8 Å². The maximum absolute atomic E-state index is 13.3. The minimum absolute atomic E-state index is 0.0289. The molecule has 0 unspecified atom stereocenters. The topological polar surface area (TPSA) is 72.2 Å². The number of rotatable bonds is 3. The Kier molecular flexibility index (Phi) is 3.87. The lowest BCUT2D eigenvalue weighted by Crippen LogP contribution is -2.14. The van der Waals surface area contributed by atoms with Gasteiger partial charge in [0.15, 0.2) is 0 Å². The van der Waals surface area contributed by atoms with Gasteiger partial charge in [0.25, 0.3) is 10.0 Å². The molecule has 3 N–H and O–H groups in total. The van der Waals surface area contributed by atoms with Crippen LogP contribution in [-0.2, 0) is 10.0 Å². The molecular formula is C13H12ClFN2O2S. The van der Waals surface area contributed by atoms with Crippen LogP contribution in [0.3, 0.4) is 0 Å². The number of aryl methyl sites for hydroxylation is 1. The lowest BCUT2D eigenvalue weighted by molar-refractivity contribution is 0.595. The molecule has 0 aliphatic carbocycles. The van der Waals surface area contributed by atoms with Gasteiger partial charge in [0.2, 0.25) is 0 Å². The SMILES string of the molecule is Cc1cccc(Cl)c1NS(=O)(=O)c1cc(N)cc(F)c1. The van der Waals surface area contributed by atoms with Crippen molar-refractivity contribution >= 4 is 33.0 Å². The van der Waals surface area contributed by atoms with E-state index in [-0.39, 0.29) is 21.3 Å². The van der Waals surface area contributed by atoms with Crippen LogP contribution in [0.2, 0.25) is 5.02 Å². The number of sulfonamides is 1. The van der Waals surface area contributed by atoms with Crippen molar-refractivity contribution in [2.24, 2.45) is 0 Å². The van der Waals surface area contributed by atoms with E-state index in [0.717, 1.165) is 12.1 Å². The fourth-order valence-electron chi connectivity index (χ4n) is 1.69. The van der Waals surface area contributed by atoms with E-state index in [2.05, 4.69) is 4.72 Å². The van der Waals surface area contributed by atoms with E-state index in [1.165, 1.54) is 6.07 Å². The zero-order chi connectivity index (χ0) is 14.9. The van der Waals surface area contributed by atoms with Gasteiger partial charge in [-0.15, -0.1) is 0 Å². The standard InChI is InChI=1S/C13H12ClFN2O2S/c1-8-3-2-4-12(14)13(8)17-20(18,19)11-6-9(15)5-10(16)7-11/h2-7,17H,16H2,1H3. The zero-order valence-corrected chi connectivity index (χ0v) is 12.1. The molecule has 2 aromatic carbocycles. The smallest absolute Gasteiger partial charge is 0.262 e. The second-order valence-corrected chi connectivity index (χ2v) is 6.35. The average Bonchev–Trinajstić information content (AvgIpc) is 2.33. The van der Waals surface area contributed by atoms with E-state index >= 15 is 0 Å². The van der Waals surface area contributed by atoms with Crippen LogP contribution in [0.1, 0.15) is 5.56 Å². The molecule has 0 heterocycles. The largest absolute Gasteiger partial charge is 0.399 e. The molecule has 2 aromatic rings. The number of nitrogens with two attached hydrogens (primary N) is 1. The first kappa shape index (κ1) is 14.6. The Labute approximate surface area is 121 Å². The Bertz CT molecular complexity index is 722. The molecule has 106 valence electrons. The zero-order valence-electron chi connectivity index (χ0n) is 10.5. The monoisotopic (exact) mass is 314 g/mol. The van der Waals surface area contributed by atoms with Gasteiger partial charge in [-0.3, -0.25) is 4.72 Å². The highest BCUT2D eigenvalue weighted by molar-refractivity contribution is 7.92. The quantitative estimate of drug-likeness (QED) is 0.855. The van der Waals surface area contributed by atoms with Crippen molar-refractivity contribution in [3.05, 3.63) is 52.8 Å². The van der Waals surface area contributed by atoms with Crippen LogP contribution < -0.4 is 10.5 Å². The predicted molar refractivity (Wildman–Crippen MR) is 77.8 cm³/mol. The van der Waals surface area contributed by atoms with E-state index in [4.69, 9.17) is 17.3 Å². The summed E-state index contributed by atoms with van der Waals surface area (Å²) in [5, 5.41) is 0.262. The summed E-state index contributed by atoms with van der Waals surface area (Å²) in [5.74, 6) is -0.721. The third-order valence-electron chi connectivity index (χ3n) is 2.66. The van der Waals surface area contributed by atoms with Gasteiger partial charge in [-0.25, -0.2) is 12.8 Å². The van der Waals surface area contributed by atoms with Crippen LogP contribution >= 0.6 is 11.6 Å². The summed E-state index contributed by atoms with van der Waals surface area (Å²) in [7, 11) is -3.96. The highest BCUT2D eigenvalue weighted by Crippen LogP contribution is 2.28. The molecule has 4 nitrogen and oxygen atoms in total. The third-order valence-corrected chi connectivity index (χ3v) is 4.31. The van der Waals surface area contributed by atoms with Crippen LogP contribution in [0, 0.1) is 12.7 Å². The number of hydrogen-bond donors (Lipinski definition) is 2. The van der Waals surface area contributed by atoms with E-state index in [1.807, 2.05) is 0 Å². The lowest BCUT2D eigenvalue weighted by atomic mass is 10.2. The van der Waals surface area contributed by atoms with Crippen molar-refractivity contribution in [2.45, 2.75) is 11.8 Å². The van der Waals surface area contributed by atoms with Gasteiger partial charge in [-0.05, 0) is 36.8 Å². The van der Waals surface area contributed by atoms with Gasteiger partial charge >= 0.3 is 0 Å². The number of nitrogens with one attached hydrogen (secondary N) is 1. The van der Waals surface area contributed by atoms with Gasteiger partial charge < -0.3 is 5.73 Å². The van der Waals surface area contributed by atoms with Gasteiger partial charge in [-0.2, -0.15) is 0 Å². The highest BCUT2D eigenvalue weighted by atomic mass is 35.5. The summed E-state index contributed by atoms with van der Waals surface area (Å²) >= 11 is 5.96. The first-order valence-electron chi connectivity index (χ1n) is 5.63. The lowest BCUT2D eigenvalue weighted by Gasteiger charge is -2.12. The number of hydrogen-bond acceptors (Lipinski definition) is 3. The Balaban J connectivity index is 2.46. The van der Waals surface area contributed by atoms with Crippen molar-refractivity contribution in [3.8, 4) is 0 Å². The van der Waals surface area contributed by atoms with Crippen molar-refractivity contribution in [1.82, 2.24) is 0 Å². The molecule has 0 fully saturated rings. The normalized spacial score (nSPS) is 11.3. The van der Waals surface area contributed by atoms with Crippen molar-refractivity contribution in [1.29, 1.82) is 0 Å². The molecule has 0 aliphatic rings. The molecule has 0 amide bonds. The molecule has 0 aromatic heterocycles. The maximum Gasteiger partial charge on any atom is 0.262 e. The molecule has 0 saturated carbocycles. The van der Waals surface area contributed by atoms with Crippen LogP contribution in [-0.4, -0.2) is 8.42 Å². The number of benzene rings is 2. The van der Waals surface area contributed by atoms with Crippen molar-refractivity contribution in [2.75, 3.05) is 10.5 Å². The Morgan fingerprint density at radius 2 is 1.95 bits per heavy atom. The average molecular weight is 315 g/mol. The number of anilines is 2. The van der Waals surface area contributed by atoms with Crippen molar-refractivity contribution in [3.63, 3.8) is 0 Å². The minimum atomic E-state index is -3.96. The van der Waals surface area contributed by atoms with Crippen LogP contribution in [0.5, 0.6) is 0 Å². The van der Waals surface area contributed by atoms with Crippen LogP contribution in [0.25, 0.3) is 0 Å². The molecule has 7 heteroatoms. The molecule has 20 heavy (non-hydrogen) atoms. The molecule has 0 bridgehead atoms. The molecule has 0 radical (unpaired) electrons. The van der Waals surface area contributed by atoms with E-state index in [0.29, 0.717) is 5.56 Å². The summed E-state index contributed by atoms with van der Waals surface area (Å²) < 4.78 is 40.0. The molecule has 0 spiro atoms. The molecular weight excluding hydrogens is 303 g/mol. The first-order valence-corrected chi connectivity index (χ1v) is 7.50. The number of nitrogen functional groups attached to an aromatic ring is 1. The summed E-state index contributed by atoms with van der Waals surface area (Å²) in [6.45, 7) is 1.71. The minimum Gasteiger partial charge on any atom is -0.399 e. The summed E-state index contributed by atoms with van der Waals surface area (Å²) in [6, 6.07) is 8.09. The second-order valence-electron chi connectivity index (χ2n) is 4.26. The Morgan fingerprint density at radius 1 is 1.25 bits per heavy atom. The van der Waals surface area contributed by atoms with Gasteiger partial charge in [-0.1, -0.05) is 23.7 Å². The molecule has 0 aliphatic heterocycles. The Morgan fingerprint density at radius 3 is 2.55 bits per heavy atom. The highest BCUT2D eigenvalue weighted by Gasteiger charge is 2.18. The number of para-hydroxylation sites is 1. The van der Waals surface area contributed by atoms with Gasteiger partial charge in [0, 0.05) is 5.69 Å². The fraction of sp³-hybridized carbons (Fsp3) is 0.0769. The Hall–Kier alpha value is -1.79.